The highest BCUT2D eigenvalue weighted by molar-refractivity contribution is 9.10. The maximum Gasteiger partial charge on any atom is 0.0955 e. The van der Waals surface area contributed by atoms with E-state index in [1.807, 2.05) is 13.0 Å². The molecule has 0 saturated carbocycles. The second-order valence-corrected chi connectivity index (χ2v) is 3.76. The summed E-state index contributed by atoms with van der Waals surface area (Å²) < 4.78 is 0.938. The first-order valence-corrected chi connectivity index (χ1v) is 4.76. The number of halogens is 2. The van der Waals surface area contributed by atoms with Crippen LogP contribution in [0.3, 0.4) is 0 Å². The van der Waals surface area contributed by atoms with Gasteiger partial charge in [0.1, 0.15) is 0 Å². The number of benzene rings is 1. The van der Waals surface area contributed by atoms with Crippen molar-refractivity contribution in [2.24, 2.45) is 4.99 Å². The van der Waals surface area contributed by atoms with E-state index < -0.39 is 0 Å². The van der Waals surface area contributed by atoms with Crippen molar-refractivity contribution in [3.8, 4) is 0 Å². The van der Waals surface area contributed by atoms with E-state index >= 15 is 0 Å². The number of isothiocyanates is 1. The topological polar surface area (TPSA) is 12.4 Å². The van der Waals surface area contributed by atoms with E-state index in [0.29, 0.717) is 10.7 Å². The summed E-state index contributed by atoms with van der Waals surface area (Å²) in [5, 5.41) is 2.88. The molecule has 0 heterocycles. The minimum atomic E-state index is 0.583. The zero-order valence-corrected chi connectivity index (χ0v) is 9.42. The Hall–Kier alpha value is -0.210. The van der Waals surface area contributed by atoms with Crippen molar-refractivity contribution in [3.05, 3.63) is 27.2 Å². The van der Waals surface area contributed by atoms with Crippen molar-refractivity contribution in [1.82, 2.24) is 0 Å². The van der Waals surface area contributed by atoms with Crippen LogP contribution in [0, 0.1) is 6.92 Å². The Bertz CT molecular complexity index is 335. The van der Waals surface area contributed by atoms with E-state index in [9.17, 15) is 0 Å². The molecule has 0 atom stereocenters. The molecular weight excluding hydrogens is 258 g/mol. The Balaban J connectivity index is 3.37. The first-order valence-electron chi connectivity index (χ1n) is 3.18. The molecule has 4 heteroatoms. The van der Waals surface area contributed by atoms with Gasteiger partial charge in [-0.3, -0.25) is 0 Å². The third-order valence-electron chi connectivity index (χ3n) is 1.38. The molecular formula is C8H5BrClNS. The van der Waals surface area contributed by atoms with Crippen LogP contribution in [0.2, 0.25) is 5.02 Å². The lowest BCUT2D eigenvalue weighted by Crippen LogP contribution is -1.76. The Morgan fingerprint density at radius 2 is 2.25 bits per heavy atom. The Kier molecular flexibility index (Phi) is 3.41. The van der Waals surface area contributed by atoms with Gasteiger partial charge in [-0.1, -0.05) is 27.5 Å². The van der Waals surface area contributed by atoms with Gasteiger partial charge in [0.15, 0.2) is 0 Å². The number of thiocarbonyl (C=S) groups is 1. The summed E-state index contributed by atoms with van der Waals surface area (Å²) >= 11 is 13.7. The molecule has 1 aromatic carbocycles. The number of nitrogens with zero attached hydrogens (tertiary/aromatic N) is 1. The summed E-state index contributed by atoms with van der Waals surface area (Å²) in [6, 6.07) is 3.71. The molecule has 1 rings (SSSR count). The van der Waals surface area contributed by atoms with Gasteiger partial charge in [-0.25, -0.2) is 0 Å². The maximum absolute atomic E-state index is 5.90. The quantitative estimate of drug-likeness (QED) is 0.547. The molecule has 0 spiro atoms. The molecule has 0 aliphatic rings. The zero-order valence-electron chi connectivity index (χ0n) is 6.27. The van der Waals surface area contributed by atoms with Gasteiger partial charge in [-0.15, -0.1) is 0 Å². The standard InChI is InChI=1S/C8H5BrClNS/c1-5-2-6(9)3-7(10)8(5)11-4-12/h2-3H,1H3. The highest BCUT2D eigenvalue weighted by atomic mass is 79.9. The number of rotatable bonds is 1. The van der Waals surface area contributed by atoms with E-state index in [-0.39, 0.29) is 0 Å². The van der Waals surface area contributed by atoms with Crippen molar-refractivity contribution in [2.75, 3.05) is 0 Å². The Morgan fingerprint density at radius 3 is 2.75 bits per heavy atom. The summed E-state index contributed by atoms with van der Waals surface area (Å²) in [4.78, 5) is 3.86. The summed E-state index contributed by atoms with van der Waals surface area (Å²) in [6.07, 6.45) is 0. The number of aryl methyl sites for hydroxylation is 1. The average Bonchev–Trinajstić information content (AvgIpc) is 1.96. The lowest BCUT2D eigenvalue weighted by Gasteiger charge is -2.01. The Labute approximate surface area is 89.6 Å². The predicted octanol–water partition coefficient (Wildman–Crippen LogP) is 4.15. The van der Waals surface area contributed by atoms with Gasteiger partial charge in [0.05, 0.1) is 15.9 Å². The SMILES string of the molecule is Cc1cc(Br)cc(Cl)c1N=C=S. The van der Waals surface area contributed by atoms with Crippen molar-refractivity contribution in [3.63, 3.8) is 0 Å². The highest BCUT2D eigenvalue weighted by Crippen LogP contribution is 2.31. The maximum atomic E-state index is 5.90. The van der Waals surface area contributed by atoms with Crippen LogP contribution < -0.4 is 0 Å². The van der Waals surface area contributed by atoms with Crippen molar-refractivity contribution >= 4 is 50.6 Å². The van der Waals surface area contributed by atoms with Gasteiger partial charge >= 0.3 is 0 Å². The molecule has 0 aromatic heterocycles. The summed E-state index contributed by atoms with van der Waals surface area (Å²) in [5.74, 6) is 0. The fourth-order valence-corrected chi connectivity index (χ4v) is 1.99. The van der Waals surface area contributed by atoms with Crippen LogP contribution in [0.5, 0.6) is 0 Å². The second kappa shape index (κ2) is 4.15. The molecule has 0 saturated heterocycles. The second-order valence-electron chi connectivity index (χ2n) is 2.26. The fourth-order valence-electron chi connectivity index (χ4n) is 0.882. The lowest BCUT2D eigenvalue weighted by atomic mass is 10.2. The smallest absolute Gasteiger partial charge is 0.0955 e. The van der Waals surface area contributed by atoms with Gasteiger partial charge in [0.25, 0.3) is 0 Å². The van der Waals surface area contributed by atoms with E-state index in [1.165, 1.54) is 0 Å². The molecule has 1 nitrogen and oxygen atoms in total. The van der Waals surface area contributed by atoms with Gasteiger partial charge < -0.3 is 0 Å². The van der Waals surface area contributed by atoms with Gasteiger partial charge in [0, 0.05) is 4.47 Å². The van der Waals surface area contributed by atoms with Crippen molar-refractivity contribution in [1.29, 1.82) is 0 Å². The molecule has 62 valence electrons. The monoisotopic (exact) mass is 261 g/mol. The number of hydrogen-bond acceptors (Lipinski definition) is 2. The van der Waals surface area contributed by atoms with Crippen molar-refractivity contribution < 1.29 is 0 Å². The molecule has 0 amide bonds. The van der Waals surface area contributed by atoms with E-state index in [4.69, 9.17) is 11.6 Å². The summed E-state index contributed by atoms with van der Waals surface area (Å²) in [7, 11) is 0. The predicted molar refractivity (Wildman–Crippen MR) is 58.6 cm³/mol. The molecule has 0 N–H and O–H groups in total. The fraction of sp³-hybridized carbons (Fsp3) is 0.125. The average molecular weight is 263 g/mol. The molecule has 0 fully saturated rings. The molecule has 0 bridgehead atoms. The third-order valence-corrected chi connectivity index (χ3v) is 2.21. The van der Waals surface area contributed by atoms with Crippen molar-refractivity contribution in [2.45, 2.75) is 6.92 Å². The lowest BCUT2D eigenvalue weighted by molar-refractivity contribution is 1.40. The normalized spacial score (nSPS) is 9.25. The summed E-state index contributed by atoms with van der Waals surface area (Å²) in [5.41, 5.74) is 1.67. The summed E-state index contributed by atoms with van der Waals surface area (Å²) in [6.45, 7) is 1.92. The third kappa shape index (κ3) is 2.14. The van der Waals surface area contributed by atoms with Crippen LogP contribution in [0.25, 0.3) is 0 Å². The van der Waals surface area contributed by atoms with Gasteiger partial charge in [0.2, 0.25) is 0 Å². The molecule has 0 unspecified atom stereocenters. The van der Waals surface area contributed by atoms with Crippen LogP contribution in [0.15, 0.2) is 21.6 Å². The van der Waals surface area contributed by atoms with Crippen LogP contribution in [0.4, 0.5) is 5.69 Å². The first kappa shape index (κ1) is 9.87. The molecule has 1 aromatic rings. The van der Waals surface area contributed by atoms with Gasteiger partial charge in [-0.05, 0) is 36.8 Å². The van der Waals surface area contributed by atoms with Gasteiger partial charge in [-0.2, -0.15) is 4.99 Å². The Morgan fingerprint density at radius 1 is 1.58 bits per heavy atom. The molecule has 12 heavy (non-hydrogen) atoms. The van der Waals surface area contributed by atoms with E-state index in [1.54, 1.807) is 6.07 Å². The highest BCUT2D eigenvalue weighted by Gasteiger charge is 2.03. The molecule has 0 radical (unpaired) electrons. The van der Waals surface area contributed by atoms with E-state index in [0.717, 1.165) is 10.0 Å². The minimum Gasteiger partial charge on any atom is -0.193 e. The van der Waals surface area contributed by atoms with Crippen LogP contribution >= 0.6 is 39.7 Å². The van der Waals surface area contributed by atoms with Crippen LogP contribution in [-0.2, 0) is 0 Å². The number of aliphatic imine (C=N–C) groups is 1. The van der Waals surface area contributed by atoms with Crippen LogP contribution in [-0.4, -0.2) is 5.16 Å². The zero-order chi connectivity index (χ0) is 9.14. The molecule has 0 aliphatic carbocycles. The first-order chi connectivity index (χ1) is 5.65. The van der Waals surface area contributed by atoms with E-state index in [2.05, 4.69) is 38.3 Å². The van der Waals surface area contributed by atoms with Crippen LogP contribution in [0.1, 0.15) is 5.56 Å². The molecule has 0 aliphatic heterocycles. The largest absolute Gasteiger partial charge is 0.193 e. The minimum absolute atomic E-state index is 0.583. The number of hydrogen-bond donors (Lipinski definition) is 0.